The lowest BCUT2D eigenvalue weighted by Crippen LogP contribution is -2.49. The van der Waals surface area contributed by atoms with Crippen LogP contribution in [-0.4, -0.2) is 41.4 Å². The maximum atomic E-state index is 5.62. The zero-order valence-electron chi connectivity index (χ0n) is 11.5. The van der Waals surface area contributed by atoms with Gasteiger partial charge in [-0.3, -0.25) is 4.98 Å². The van der Waals surface area contributed by atoms with Gasteiger partial charge in [-0.15, -0.1) is 0 Å². The van der Waals surface area contributed by atoms with E-state index in [2.05, 4.69) is 28.7 Å². The Morgan fingerprint density at radius 3 is 2.89 bits per heavy atom. The number of hydrogen-bond acceptors (Lipinski definition) is 5. The molecule has 18 heavy (non-hydrogen) atoms. The first kappa shape index (κ1) is 13.1. The fraction of sp³-hybridized carbons (Fsp3) is 0.692. The molecule has 0 bridgehead atoms. The number of nitrogens with zero attached hydrogens (tertiary/aromatic N) is 3. The van der Waals surface area contributed by atoms with E-state index < -0.39 is 0 Å². The first-order valence-electron chi connectivity index (χ1n) is 6.45. The number of hydrogen-bond donors (Lipinski definition) is 0. The first-order valence-corrected chi connectivity index (χ1v) is 6.45. The highest BCUT2D eigenvalue weighted by atomic mass is 16.5. The molecule has 0 spiro atoms. The van der Waals surface area contributed by atoms with Crippen molar-refractivity contribution in [3.63, 3.8) is 0 Å². The van der Waals surface area contributed by atoms with Gasteiger partial charge in [0, 0.05) is 6.54 Å². The van der Waals surface area contributed by atoms with Crippen molar-refractivity contribution >= 4 is 5.82 Å². The van der Waals surface area contributed by atoms with Gasteiger partial charge in [0.2, 0.25) is 5.88 Å². The normalized spacial score (nSPS) is 24.4. The van der Waals surface area contributed by atoms with Crippen molar-refractivity contribution in [2.45, 2.75) is 45.9 Å². The summed E-state index contributed by atoms with van der Waals surface area (Å²) in [6, 6.07) is 0.294. The molecule has 2 atom stereocenters. The van der Waals surface area contributed by atoms with Crippen LogP contribution in [0.25, 0.3) is 0 Å². The molecule has 2 rings (SSSR count). The van der Waals surface area contributed by atoms with Crippen LogP contribution in [-0.2, 0) is 4.74 Å². The van der Waals surface area contributed by atoms with E-state index in [1.807, 2.05) is 13.8 Å². The zero-order valence-corrected chi connectivity index (χ0v) is 11.5. The molecule has 5 heteroatoms. The van der Waals surface area contributed by atoms with Crippen LogP contribution in [0.1, 0.15) is 27.7 Å². The van der Waals surface area contributed by atoms with E-state index in [9.17, 15) is 0 Å². The quantitative estimate of drug-likeness (QED) is 0.821. The van der Waals surface area contributed by atoms with Crippen LogP contribution >= 0.6 is 0 Å². The van der Waals surface area contributed by atoms with Gasteiger partial charge >= 0.3 is 0 Å². The number of aromatic nitrogens is 2. The molecular formula is C13H21N3O2. The maximum Gasteiger partial charge on any atom is 0.234 e. The van der Waals surface area contributed by atoms with Crippen molar-refractivity contribution in [1.29, 1.82) is 0 Å². The van der Waals surface area contributed by atoms with Crippen LogP contribution in [0, 0.1) is 0 Å². The van der Waals surface area contributed by atoms with E-state index in [0.717, 1.165) is 19.0 Å². The van der Waals surface area contributed by atoms with Gasteiger partial charge in [-0.1, -0.05) is 0 Å². The molecule has 0 amide bonds. The standard InChI is InChI=1S/C13H21N3O2/c1-9(2)18-13-8-14-7-12(15-13)16-5-6-17-11(4)10(16)3/h7-11H,5-6H2,1-4H3. The molecule has 2 heterocycles. The van der Waals surface area contributed by atoms with E-state index in [1.165, 1.54) is 0 Å². The second-order valence-electron chi connectivity index (χ2n) is 4.89. The number of morpholine rings is 1. The molecule has 0 radical (unpaired) electrons. The average molecular weight is 251 g/mol. The van der Waals surface area contributed by atoms with Crippen LogP contribution in [0.3, 0.4) is 0 Å². The average Bonchev–Trinajstić information content (AvgIpc) is 2.32. The van der Waals surface area contributed by atoms with E-state index in [4.69, 9.17) is 9.47 Å². The Labute approximate surface area is 108 Å². The zero-order chi connectivity index (χ0) is 13.1. The Kier molecular flexibility index (Phi) is 4.01. The van der Waals surface area contributed by atoms with Gasteiger partial charge in [0.25, 0.3) is 0 Å². The molecule has 0 saturated carbocycles. The summed E-state index contributed by atoms with van der Waals surface area (Å²) in [6.45, 7) is 9.75. The highest BCUT2D eigenvalue weighted by molar-refractivity contribution is 5.39. The van der Waals surface area contributed by atoms with Crippen molar-refractivity contribution in [1.82, 2.24) is 9.97 Å². The second-order valence-corrected chi connectivity index (χ2v) is 4.89. The predicted octanol–water partition coefficient (Wildman–Crippen LogP) is 1.88. The maximum absolute atomic E-state index is 5.62. The lowest BCUT2D eigenvalue weighted by molar-refractivity contribution is 0.0280. The lowest BCUT2D eigenvalue weighted by Gasteiger charge is -2.38. The minimum atomic E-state index is 0.107. The Morgan fingerprint density at radius 2 is 2.17 bits per heavy atom. The van der Waals surface area contributed by atoms with Crippen LogP contribution < -0.4 is 9.64 Å². The SMILES string of the molecule is CC(C)Oc1cncc(N2CCOC(C)C2C)n1. The van der Waals surface area contributed by atoms with Gasteiger partial charge in [0.1, 0.15) is 0 Å². The molecule has 100 valence electrons. The summed E-state index contributed by atoms with van der Waals surface area (Å²) in [5.74, 6) is 1.43. The van der Waals surface area contributed by atoms with Gasteiger partial charge in [-0.2, -0.15) is 4.98 Å². The van der Waals surface area contributed by atoms with Gasteiger partial charge in [0.05, 0.1) is 37.3 Å². The fourth-order valence-corrected chi connectivity index (χ4v) is 2.03. The number of ether oxygens (including phenoxy) is 2. The van der Waals surface area contributed by atoms with Crippen molar-refractivity contribution in [2.24, 2.45) is 0 Å². The van der Waals surface area contributed by atoms with E-state index in [1.54, 1.807) is 12.4 Å². The minimum absolute atomic E-state index is 0.107. The summed E-state index contributed by atoms with van der Waals surface area (Å²) in [5.41, 5.74) is 0. The highest BCUT2D eigenvalue weighted by Crippen LogP contribution is 2.22. The van der Waals surface area contributed by atoms with Gasteiger partial charge in [0.15, 0.2) is 5.82 Å². The molecule has 0 N–H and O–H groups in total. The van der Waals surface area contributed by atoms with Gasteiger partial charge in [-0.05, 0) is 27.7 Å². The third kappa shape index (κ3) is 2.90. The van der Waals surface area contributed by atoms with Crippen LogP contribution in [0.2, 0.25) is 0 Å². The topological polar surface area (TPSA) is 47.5 Å². The van der Waals surface area contributed by atoms with Crippen LogP contribution in [0.15, 0.2) is 12.4 Å². The molecule has 5 nitrogen and oxygen atoms in total. The van der Waals surface area contributed by atoms with Crippen molar-refractivity contribution in [2.75, 3.05) is 18.1 Å². The summed E-state index contributed by atoms with van der Waals surface area (Å²) >= 11 is 0. The smallest absolute Gasteiger partial charge is 0.234 e. The Morgan fingerprint density at radius 1 is 1.39 bits per heavy atom. The van der Waals surface area contributed by atoms with Gasteiger partial charge < -0.3 is 14.4 Å². The van der Waals surface area contributed by atoms with Crippen LogP contribution in [0.5, 0.6) is 5.88 Å². The Balaban J connectivity index is 2.16. The Hall–Kier alpha value is -1.36. The second kappa shape index (κ2) is 5.52. The molecule has 1 aliphatic heterocycles. The third-order valence-electron chi connectivity index (χ3n) is 3.13. The molecule has 1 saturated heterocycles. The molecular weight excluding hydrogens is 230 g/mol. The first-order chi connectivity index (χ1) is 8.58. The Bertz CT molecular complexity index is 398. The molecule has 0 aliphatic carbocycles. The van der Waals surface area contributed by atoms with Crippen LogP contribution in [0.4, 0.5) is 5.82 Å². The van der Waals surface area contributed by atoms with E-state index in [-0.39, 0.29) is 12.2 Å². The molecule has 1 aromatic heterocycles. The van der Waals surface area contributed by atoms with Gasteiger partial charge in [-0.25, -0.2) is 0 Å². The third-order valence-corrected chi connectivity index (χ3v) is 3.13. The summed E-state index contributed by atoms with van der Waals surface area (Å²) < 4.78 is 11.2. The molecule has 1 aliphatic rings. The van der Waals surface area contributed by atoms with Crippen molar-refractivity contribution < 1.29 is 9.47 Å². The number of rotatable bonds is 3. The highest BCUT2D eigenvalue weighted by Gasteiger charge is 2.26. The summed E-state index contributed by atoms with van der Waals surface area (Å²) in [4.78, 5) is 10.9. The minimum Gasteiger partial charge on any atom is -0.474 e. The fourth-order valence-electron chi connectivity index (χ4n) is 2.03. The molecule has 2 unspecified atom stereocenters. The number of anilines is 1. The van der Waals surface area contributed by atoms with Crippen molar-refractivity contribution in [3.05, 3.63) is 12.4 Å². The molecule has 1 fully saturated rings. The largest absolute Gasteiger partial charge is 0.474 e. The van der Waals surface area contributed by atoms with E-state index in [0.29, 0.717) is 11.9 Å². The summed E-state index contributed by atoms with van der Waals surface area (Å²) in [5, 5.41) is 0. The lowest BCUT2D eigenvalue weighted by atomic mass is 10.1. The monoisotopic (exact) mass is 251 g/mol. The predicted molar refractivity (Wildman–Crippen MR) is 70.0 cm³/mol. The molecule has 0 aromatic carbocycles. The summed E-state index contributed by atoms with van der Waals surface area (Å²) in [7, 11) is 0. The van der Waals surface area contributed by atoms with Crippen molar-refractivity contribution in [3.8, 4) is 5.88 Å². The van der Waals surface area contributed by atoms with E-state index >= 15 is 0 Å². The molecule has 1 aromatic rings. The summed E-state index contributed by atoms with van der Waals surface area (Å²) in [6.07, 6.45) is 3.74.